The van der Waals surface area contributed by atoms with Gasteiger partial charge in [-0.2, -0.15) is 0 Å². The average molecular weight is 69.1 g/mol. The Balaban J connectivity index is 2.38. The van der Waals surface area contributed by atoms with Gasteiger partial charge in [0.15, 0.2) is 0 Å². The highest BCUT2D eigenvalue weighted by Crippen LogP contribution is 2.13. The van der Waals surface area contributed by atoms with Gasteiger partial charge in [-0.15, -0.1) is 0 Å². The van der Waals surface area contributed by atoms with Crippen LogP contribution >= 0.6 is 0 Å². The van der Waals surface area contributed by atoms with Crippen molar-refractivity contribution in [2.45, 2.75) is 6.92 Å². The zero-order chi connectivity index (χ0) is 3.86. The van der Waals surface area contributed by atoms with E-state index in [9.17, 15) is 0 Å². The fourth-order valence-corrected chi connectivity index (χ4v) is 0.251. The highest BCUT2D eigenvalue weighted by Gasteiger charge is 2.05. The van der Waals surface area contributed by atoms with Crippen molar-refractivity contribution in [3.05, 3.63) is 11.9 Å². The Kier molecular flexibility index (Phi) is 0.295. The van der Waals surface area contributed by atoms with E-state index in [2.05, 4.69) is 18.0 Å². The van der Waals surface area contributed by atoms with E-state index in [1.54, 1.807) is 0 Å². The summed E-state index contributed by atoms with van der Waals surface area (Å²) >= 11 is 0. The summed E-state index contributed by atoms with van der Waals surface area (Å²) in [5.41, 5.74) is 1.38. The van der Waals surface area contributed by atoms with Crippen molar-refractivity contribution in [3.8, 4) is 0 Å². The standard InChI is InChI=1S/C4H7N/c1-4-3-5(4)2/h3H,1-2H3. The van der Waals surface area contributed by atoms with Crippen molar-refractivity contribution in [2.24, 2.45) is 0 Å². The fraction of sp³-hybridized carbons (Fsp3) is 0.500. The summed E-state index contributed by atoms with van der Waals surface area (Å²) in [7, 11) is 2.04. The van der Waals surface area contributed by atoms with Crippen LogP contribution in [0, 0.1) is 0 Å². The zero-order valence-corrected chi connectivity index (χ0v) is 3.52. The summed E-state index contributed by atoms with van der Waals surface area (Å²) in [6.07, 6.45) is 2.08. The minimum atomic E-state index is 1.38. The molecule has 1 aliphatic heterocycles. The normalized spacial score (nSPS) is 18.8. The van der Waals surface area contributed by atoms with Crippen LogP contribution in [0.5, 0.6) is 0 Å². The Morgan fingerprint density at radius 2 is 2.00 bits per heavy atom. The molecular formula is C4H7N. The third kappa shape index (κ3) is 0.274. The number of hydrogen-bond acceptors (Lipinski definition) is 1. The van der Waals surface area contributed by atoms with Crippen molar-refractivity contribution < 1.29 is 0 Å². The summed E-state index contributed by atoms with van der Waals surface area (Å²) in [5.74, 6) is 0. The molecule has 0 atom stereocenters. The molecule has 0 saturated heterocycles. The molecule has 0 amide bonds. The molecular weight excluding hydrogens is 62.1 g/mol. The first-order chi connectivity index (χ1) is 2.30. The summed E-state index contributed by atoms with van der Waals surface area (Å²) in [4.78, 5) is 2.08. The predicted octanol–water partition coefficient (Wildman–Crippen LogP) is 0.793. The van der Waals surface area contributed by atoms with Crippen molar-refractivity contribution in [1.29, 1.82) is 0 Å². The van der Waals surface area contributed by atoms with Crippen LogP contribution in [0.4, 0.5) is 0 Å². The molecule has 0 saturated carbocycles. The molecule has 1 heteroatoms. The molecule has 5 heavy (non-hydrogen) atoms. The molecule has 1 rings (SSSR count). The highest BCUT2D eigenvalue weighted by atomic mass is 15.2. The second-order valence-electron chi connectivity index (χ2n) is 1.38. The van der Waals surface area contributed by atoms with Gasteiger partial charge in [-0.25, -0.2) is 0 Å². The molecule has 0 fully saturated rings. The monoisotopic (exact) mass is 69.1 g/mol. The van der Waals surface area contributed by atoms with Crippen LogP contribution in [-0.4, -0.2) is 11.9 Å². The molecule has 0 radical (unpaired) electrons. The zero-order valence-electron chi connectivity index (χ0n) is 3.52. The van der Waals surface area contributed by atoms with E-state index < -0.39 is 0 Å². The van der Waals surface area contributed by atoms with Crippen LogP contribution in [0.3, 0.4) is 0 Å². The Hall–Kier alpha value is -0.460. The van der Waals surface area contributed by atoms with Crippen molar-refractivity contribution in [3.63, 3.8) is 0 Å². The van der Waals surface area contributed by atoms with E-state index in [4.69, 9.17) is 0 Å². The predicted molar refractivity (Wildman–Crippen MR) is 21.5 cm³/mol. The molecule has 0 aromatic rings. The molecule has 0 aliphatic carbocycles. The molecule has 1 aliphatic rings. The lowest BCUT2D eigenvalue weighted by Crippen LogP contribution is -1.80. The van der Waals surface area contributed by atoms with Gasteiger partial charge in [-0.3, -0.25) is 0 Å². The van der Waals surface area contributed by atoms with Gasteiger partial charge in [-0.05, 0) is 6.92 Å². The van der Waals surface area contributed by atoms with Gasteiger partial charge < -0.3 is 4.90 Å². The van der Waals surface area contributed by atoms with Crippen molar-refractivity contribution >= 4 is 0 Å². The Labute approximate surface area is 31.9 Å². The van der Waals surface area contributed by atoms with Crippen LogP contribution in [0.1, 0.15) is 6.92 Å². The summed E-state index contributed by atoms with van der Waals surface area (Å²) in [5, 5.41) is 0. The third-order valence-corrected chi connectivity index (χ3v) is 0.869. The van der Waals surface area contributed by atoms with Gasteiger partial charge in [0, 0.05) is 18.9 Å². The van der Waals surface area contributed by atoms with Crippen LogP contribution in [-0.2, 0) is 0 Å². The maximum Gasteiger partial charge on any atom is 0.0304 e. The van der Waals surface area contributed by atoms with E-state index in [0.717, 1.165) is 0 Å². The first-order valence-corrected chi connectivity index (χ1v) is 1.72. The van der Waals surface area contributed by atoms with Crippen LogP contribution in [0.15, 0.2) is 11.9 Å². The van der Waals surface area contributed by atoms with Crippen molar-refractivity contribution in [1.82, 2.24) is 4.90 Å². The first-order valence-electron chi connectivity index (χ1n) is 1.72. The average Bonchev–Trinajstić information content (AvgIpc) is 1.79. The maximum absolute atomic E-state index is 2.08. The number of nitrogens with zero attached hydrogens (tertiary/aromatic N) is 1. The number of rotatable bonds is 0. The molecule has 1 heterocycles. The maximum atomic E-state index is 2.08. The lowest BCUT2D eigenvalue weighted by molar-refractivity contribution is 0.719. The topological polar surface area (TPSA) is 3.01 Å². The SMILES string of the molecule is CC1=CN1C. The molecule has 0 N–H and O–H groups in total. The Morgan fingerprint density at radius 1 is 1.80 bits per heavy atom. The van der Waals surface area contributed by atoms with E-state index in [0.29, 0.717) is 0 Å². The molecule has 0 unspecified atom stereocenters. The summed E-state index contributed by atoms with van der Waals surface area (Å²) in [6.45, 7) is 2.08. The lowest BCUT2D eigenvalue weighted by atomic mass is 10.7. The van der Waals surface area contributed by atoms with E-state index in [-0.39, 0.29) is 0 Å². The number of hydrogen-bond donors (Lipinski definition) is 0. The quantitative estimate of drug-likeness (QED) is 0.406. The van der Waals surface area contributed by atoms with Crippen molar-refractivity contribution in [2.75, 3.05) is 7.05 Å². The largest absolute Gasteiger partial charge is 0.352 e. The minimum Gasteiger partial charge on any atom is -0.352 e. The van der Waals surface area contributed by atoms with Gasteiger partial charge in [0.05, 0.1) is 0 Å². The molecule has 1 nitrogen and oxygen atoms in total. The van der Waals surface area contributed by atoms with Gasteiger partial charge in [-0.1, -0.05) is 0 Å². The smallest absolute Gasteiger partial charge is 0.0304 e. The molecule has 0 bridgehead atoms. The molecule has 0 aromatic heterocycles. The third-order valence-electron chi connectivity index (χ3n) is 0.869. The van der Waals surface area contributed by atoms with E-state index in [1.807, 2.05) is 7.05 Å². The van der Waals surface area contributed by atoms with Gasteiger partial charge >= 0.3 is 0 Å². The summed E-state index contributed by atoms with van der Waals surface area (Å²) in [6, 6.07) is 0. The number of allylic oxidation sites excluding steroid dienone is 1. The second-order valence-corrected chi connectivity index (χ2v) is 1.38. The minimum absolute atomic E-state index is 1.38. The van der Waals surface area contributed by atoms with Gasteiger partial charge in [0.25, 0.3) is 0 Å². The van der Waals surface area contributed by atoms with E-state index in [1.165, 1.54) is 5.70 Å². The van der Waals surface area contributed by atoms with E-state index >= 15 is 0 Å². The highest BCUT2D eigenvalue weighted by molar-refractivity contribution is 5.13. The lowest BCUT2D eigenvalue weighted by Gasteiger charge is -1.82. The van der Waals surface area contributed by atoms with Crippen LogP contribution < -0.4 is 0 Å². The Morgan fingerprint density at radius 3 is 2.00 bits per heavy atom. The Bertz CT molecular complexity index is 73.7. The van der Waals surface area contributed by atoms with Gasteiger partial charge in [0.1, 0.15) is 0 Å². The van der Waals surface area contributed by atoms with Gasteiger partial charge in [0.2, 0.25) is 0 Å². The van der Waals surface area contributed by atoms with Crippen LogP contribution in [0.2, 0.25) is 0 Å². The molecule has 0 aromatic carbocycles. The first kappa shape index (κ1) is 2.76. The molecule has 0 spiro atoms. The fourth-order valence-electron chi connectivity index (χ4n) is 0.251. The summed E-state index contributed by atoms with van der Waals surface area (Å²) < 4.78 is 0. The van der Waals surface area contributed by atoms with Crippen LogP contribution in [0.25, 0.3) is 0 Å². The second kappa shape index (κ2) is 0.534. The molecule has 28 valence electrons.